The number of rotatable bonds is 6. The predicted molar refractivity (Wildman–Crippen MR) is 112 cm³/mol. The van der Waals surface area contributed by atoms with Crippen molar-refractivity contribution < 1.29 is 14.4 Å². The summed E-state index contributed by atoms with van der Waals surface area (Å²) in [6, 6.07) is 17.9. The van der Waals surface area contributed by atoms with Crippen LogP contribution in [0, 0.1) is 0 Å². The third-order valence-electron chi connectivity index (χ3n) is 5.19. The number of benzene rings is 2. The molecule has 1 aliphatic rings. The molecule has 1 N–H and O–H groups in total. The molecule has 0 spiro atoms. The van der Waals surface area contributed by atoms with E-state index in [1.54, 1.807) is 11.3 Å². The third kappa shape index (κ3) is 4.34. The summed E-state index contributed by atoms with van der Waals surface area (Å²) in [5, 5.41) is 1.18. The van der Waals surface area contributed by atoms with E-state index < -0.39 is 6.10 Å². The minimum Gasteiger partial charge on any atom is -0.481 e. The van der Waals surface area contributed by atoms with Gasteiger partial charge in [-0.1, -0.05) is 37.3 Å². The van der Waals surface area contributed by atoms with Crippen LogP contribution in [0.5, 0.6) is 5.75 Å². The average molecular weight is 397 g/mol. The van der Waals surface area contributed by atoms with Crippen LogP contribution < -0.4 is 9.64 Å². The smallest absolute Gasteiger partial charge is 0.264 e. The van der Waals surface area contributed by atoms with Gasteiger partial charge in [-0.25, -0.2) is 4.98 Å². The summed E-state index contributed by atoms with van der Waals surface area (Å²) in [4.78, 5) is 21.1. The number of nitrogens with zero attached hydrogens (tertiary/aromatic N) is 2. The second kappa shape index (κ2) is 8.71. The molecule has 1 fully saturated rings. The molecule has 1 saturated heterocycles. The Morgan fingerprint density at radius 2 is 1.86 bits per heavy atom. The predicted octanol–water partition coefficient (Wildman–Crippen LogP) is 2.38. The number of quaternary nitrogens is 1. The first-order valence-corrected chi connectivity index (χ1v) is 10.7. The molecule has 1 aromatic heterocycles. The quantitative estimate of drug-likeness (QED) is 0.696. The Hall–Kier alpha value is -2.44. The van der Waals surface area contributed by atoms with Gasteiger partial charge in [0, 0.05) is 0 Å². The lowest BCUT2D eigenvalue weighted by molar-refractivity contribution is -0.917. The maximum atomic E-state index is 12.9. The second-order valence-corrected chi connectivity index (χ2v) is 8.27. The number of fused-ring (bicyclic) bond motifs is 1. The Morgan fingerprint density at radius 3 is 2.57 bits per heavy atom. The van der Waals surface area contributed by atoms with Crippen molar-refractivity contribution in [2.24, 2.45) is 0 Å². The van der Waals surface area contributed by atoms with Crippen molar-refractivity contribution in [2.75, 3.05) is 26.2 Å². The summed E-state index contributed by atoms with van der Waals surface area (Å²) in [7, 11) is 0. The SMILES string of the molecule is CC[C@@H](Oc1ccccc1)C(=O)N1CC[NH+](Cc2nc3ccccc3s2)CC1. The van der Waals surface area contributed by atoms with Gasteiger partial charge in [0.1, 0.15) is 17.3 Å². The summed E-state index contributed by atoms with van der Waals surface area (Å²) in [6.45, 7) is 6.37. The summed E-state index contributed by atoms with van der Waals surface area (Å²) >= 11 is 1.78. The highest BCUT2D eigenvalue weighted by atomic mass is 32.1. The molecule has 2 heterocycles. The monoisotopic (exact) mass is 396 g/mol. The number of para-hydroxylation sites is 2. The fourth-order valence-corrected chi connectivity index (χ4v) is 4.64. The van der Waals surface area contributed by atoms with Gasteiger partial charge in [-0.15, -0.1) is 11.3 Å². The number of thiazole rings is 1. The lowest BCUT2D eigenvalue weighted by atomic mass is 10.2. The van der Waals surface area contributed by atoms with Gasteiger partial charge >= 0.3 is 0 Å². The van der Waals surface area contributed by atoms with Crippen LogP contribution >= 0.6 is 11.3 Å². The Balaban J connectivity index is 1.32. The molecule has 3 aromatic rings. The fourth-order valence-electron chi connectivity index (χ4n) is 3.60. The molecular weight excluding hydrogens is 370 g/mol. The van der Waals surface area contributed by atoms with E-state index in [-0.39, 0.29) is 5.91 Å². The Morgan fingerprint density at radius 1 is 1.14 bits per heavy atom. The largest absolute Gasteiger partial charge is 0.481 e. The number of amides is 1. The first-order chi connectivity index (χ1) is 13.7. The van der Waals surface area contributed by atoms with E-state index in [9.17, 15) is 4.79 Å². The molecule has 1 amide bonds. The molecule has 2 aromatic carbocycles. The number of carbonyl (C=O) groups excluding carboxylic acids is 1. The van der Waals surface area contributed by atoms with E-state index in [1.807, 2.05) is 48.2 Å². The number of nitrogens with one attached hydrogen (secondary N) is 1. The number of aromatic nitrogens is 1. The topological polar surface area (TPSA) is 46.9 Å². The van der Waals surface area contributed by atoms with Gasteiger partial charge in [0.05, 0.1) is 36.4 Å². The molecule has 0 radical (unpaired) electrons. The van der Waals surface area contributed by atoms with E-state index in [0.29, 0.717) is 6.42 Å². The summed E-state index contributed by atoms with van der Waals surface area (Å²) in [6.07, 6.45) is 0.264. The van der Waals surface area contributed by atoms with Crippen LogP contribution in [0.4, 0.5) is 0 Å². The number of ether oxygens (including phenoxy) is 1. The van der Waals surface area contributed by atoms with Crippen molar-refractivity contribution in [3.05, 3.63) is 59.6 Å². The standard InChI is InChI=1S/C22H25N3O2S/c1-2-19(27-17-8-4-3-5-9-17)22(26)25-14-12-24(13-15-25)16-21-23-18-10-6-7-11-20(18)28-21/h3-11,19H,2,12-16H2,1H3/p+1/t19-/m1/s1. The van der Waals surface area contributed by atoms with E-state index in [2.05, 4.69) is 18.2 Å². The molecule has 0 aliphatic carbocycles. The van der Waals surface area contributed by atoms with Gasteiger partial charge < -0.3 is 14.5 Å². The van der Waals surface area contributed by atoms with E-state index in [4.69, 9.17) is 9.72 Å². The zero-order valence-corrected chi connectivity index (χ0v) is 17.0. The summed E-state index contributed by atoms with van der Waals surface area (Å²) in [5.74, 6) is 0.855. The minimum absolute atomic E-state index is 0.102. The molecule has 1 aliphatic heterocycles. The zero-order chi connectivity index (χ0) is 19.3. The van der Waals surface area contributed by atoms with Gasteiger partial charge in [0.25, 0.3) is 5.91 Å². The van der Waals surface area contributed by atoms with Crippen molar-refractivity contribution in [3.8, 4) is 5.75 Å². The average Bonchev–Trinajstić information content (AvgIpc) is 3.15. The summed E-state index contributed by atoms with van der Waals surface area (Å²) in [5.41, 5.74) is 1.08. The molecule has 1 atom stereocenters. The van der Waals surface area contributed by atoms with Crippen LogP contribution in [-0.4, -0.2) is 48.1 Å². The van der Waals surface area contributed by atoms with Crippen LogP contribution in [0.2, 0.25) is 0 Å². The molecule has 4 rings (SSSR count). The maximum absolute atomic E-state index is 12.9. The molecular formula is C22H26N3O2S+. The van der Waals surface area contributed by atoms with Crippen LogP contribution in [-0.2, 0) is 11.3 Å². The van der Waals surface area contributed by atoms with Crippen LogP contribution in [0.15, 0.2) is 54.6 Å². The molecule has 5 nitrogen and oxygen atoms in total. The molecule has 28 heavy (non-hydrogen) atoms. The molecule has 6 heteroatoms. The number of carbonyl (C=O) groups is 1. The van der Waals surface area contributed by atoms with Gasteiger partial charge in [-0.3, -0.25) is 4.79 Å². The lowest BCUT2D eigenvalue weighted by Crippen LogP contribution is -3.13. The Bertz CT molecular complexity index is 887. The third-order valence-corrected chi connectivity index (χ3v) is 6.23. The maximum Gasteiger partial charge on any atom is 0.264 e. The molecule has 0 saturated carbocycles. The Labute approximate surface area is 169 Å². The van der Waals surface area contributed by atoms with Gasteiger partial charge in [0.15, 0.2) is 6.10 Å². The van der Waals surface area contributed by atoms with E-state index >= 15 is 0 Å². The van der Waals surface area contributed by atoms with Gasteiger partial charge in [-0.2, -0.15) is 0 Å². The number of piperazine rings is 1. The first-order valence-electron chi connectivity index (χ1n) is 9.91. The van der Waals surface area contributed by atoms with Crippen molar-refractivity contribution >= 4 is 27.5 Å². The van der Waals surface area contributed by atoms with Gasteiger partial charge in [0.2, 0.25) is 0 Å². The van der Waals surface area contributed by atoms with Crippen molar-refractivity contribution in [1.82, 2.24) is 9.88 Å². The molecule has 0 bridgehead atoms. The van der Waals surface area contributed by atoms with Crippen LogP contribution in [0.25, 0.3) is 10.2 Å². The first kappa shape index (κ1) is 18.9. The normalized spacial score (nSPS) is 16.2. The van der Waals surface area contributed by atoms with E-state index in [0.717, 1.165) is 44.0 Å². The Kier molecular flexibility index (Phi) is 5.88. The van der Waals surface area contributed by atoms with Crippen LogP contribution in [0.3, 0.4) is 0 Å². The summed E-state index contributed by atoms with van der Waals surface area (Å²) < 4.78 is 7.17. The number of hydrogen-bond donors (Lipinski definition) is 1. The second-order valence-electron chi connectivity index (χ2n) is 7.16. The van der Waals surface area contributed by atoms with Gasteiger partial charge in [-0.05, 0) is 30.7 Å². The highest BCUT2D eigenvalue weighted by Gasteiger charge is 2.29. The van der Waals surface area contributed by atoms with Crippen molar-refractivity contribution in [3.63, 3.8) is 0 Å². The lowest BCUT2D eigenvalue weighted by Gasteiger charge is -2.33. The highest BCUT2D eigenvalue weighted by Crippen LogP contribution is 2.21. The minimum atomic E-state index is -0.409. The molecule has 0 unspecified atom stereocenters. The van der Waals surface area contributed by atoms with Crippen LogP contribution in [0.1, 0.15) is 18.4 Å². The highest BCUT2D eigenvalue weighted by molar-refractivity contribution is 7.18. The number of hydrogen-bond acceptors (Lipinski definition) is 4. The fraction of sp³-hybridized carbons (Fsp3) is 0.364. The zero-order valence-electron chi connectivity index (χ0n) is 16.1. The van der Waals surface area contributed by atoms with Crippen molar-refractivity contribution in [1.29, 1.82) is 0 Å². The molecule has 146 valence electrons. The van der Waals surface area contributed by atoms with E-state index in [1.165, 1.54) is 14.6 Å². The van der Waals surface area contributed by atoms with Crippen molar-refractivity contribution in [2.45, 2.75) is 26.0 Å².